The van der Waals surface area contributed by atoms with E-state index in [2.05, 4.69) is 51.4 Å². The summed E-state index contributed by atoms with van der Waals surface area (Å²) in [4.78, 5) is 0.318. The number of sulfonamides is 1. The molecule has 0 saturated carbocycles. The fourth-order valence-corrected chi connectivity index (χ4v) is 7.13. The van der Waals surface area contributed by atoms with E-state index in [-0.39, 0.29) is 35.9 Å². The van der Waals surface area contributed by atoms with Gasteiger partial charge in [-0.1, -0.05) is 122 Å². The molecular formula is C39H59IN2O3S. The van der Waals surface area contributed by atoms with E-state index in [0.29, 0.717) is 18.0 Å². The average molecular weight is 763 g/mol. The lowest BCUT2D eigenvalue weighted by Crippen LogP contribution is -3.00. The predicted octanol–water partition coefficient (Wildman–Crippen LogP) is 6.68. The smallest absolute Gasteiger partial charge is 0.243 e. The quantitative estimate of drug-likeness (QED) is 0.0734. The Bertz CT molecular complexity index is 1400. The van der Waals surface area contributed by atoms with Gasteiger partial charge in [0.05, 0.1) is 11.5 Å². The van der Waals surface area contributed by atoms with E-state index in [1.54, 1.807) is 16.4 Å². The molecule has 7 heteroatoms. The third-order valence-corrected chi connectivity index (χ3v) is 10.2. The molecule has 0 radical (unpaired) electrons. The van der Waals surface area contributed by atoms with Gasteiger partial charge >= 0.3 is 0 Å². The summed E-state index contributed by atoms with van der Waals surface area (Å²) in [5, 5.41) is 0. The highest BCUT2D eigenvalue weighted by Crippen LogP contribution is 2.33. The molecule has 0 fully saturated rings. The molecule has 0 spiro atoms. The van der Waals surface area contributed by atoms with E-state index >= 15 is 0 Å². The molecule has 2 aromatic carbocycles. The standard InChI is InChI=1S/C39H59N2O3S.HI/c1-7-9-10-11-12-13-14-15-16-17-28-44-38-25-22-34(29-37(38)39(4,5)6)31-41(32-35-19-18-27-40(30-35)26-8-2)45(42,43)36-23-20-33(3)21-24-36;/h18-25,27,29-30H,7-17,26,28,31-32H2,1-6H3;1H/q+1;/p-1. The van der Waals surface area contributed by atoms with Gasteiger partial charge in [0.1, 0.15) is 12.3 Å². The number of halogens is 1. The molecule has 46 heavy (non-hydrogen) atoms. The lowest BCUT2D eigenvalue weighted by molar-refractivity contribution is -0.697. The first-order valence-corrected chi connectivity index (χ1v) is 18.8. The Labute approximate surface area is 298 Å². The van der Waals surface area contributed by atoms with Crippen molar-refractivity contribution in [1.29, 1.82) is 0 Å². The van der Waals surface area contributed by atoms with Gasteiger partial charge in [0.25, 0.3) is 0 Å². The van der Waals surface area contributed by atoms with Gasteiger partial charge in [-0.2, -0.15) is 4.31 Å². The Morgan fingerprint density at radius 3 is 1.98 bits per heavy atom. The Morgan fingerprint density at radius 1 is 0.761 bits per heavy atom. The largest absolute Gasteiger partial charge is 1.00 e. The average Bonchev–Trinajstić information content (AvgIpc) is 3.00. The Balaban J connectivity index is 0.00000736. The van der Waals surface area contributed by atoms with E-state index < -0.39 is 10.0 Å². The predicted molar refractivity (Wildman–Crippen MR) is 187 cm³/mol. The normalized spacial score (nSPS) is 11.9. The van der Waals surface area contributed by atoms with Crippen molar-refractivity contribution in [3.8, 4) is 5.75 Å². The van der Waals surface area contributed by atoms with Crippen LogP contribution >= 0.6 is 0 Å². The zero-order chi connectivity index (χ0) is 32.7. The highest BCUT2D eigenvalue weighted by molar-refractivity contribution is 7.89. The van der Waals surface area contributed by atoms with Gasteiger partial charge in [0, 0.05) is 31.1 Å². The van der Waals surface area contributed by atoms with Crippen LogP contribution in [-0.4, -0.2) is 19.3 Å². The van der Waals surface area contributed by atoms with Crippen LogP contribution in [0.3, 0.4) is 0 Å². The molecule has 0 aliphatic heterocycles. The summed E-state index contributed by atoms with van der Waals surface area (Å²) >= 11 is 0. The van der Waals surface area contributed by atoms with Crippen LogP contribution in [-0.2, 0) is 35.1 Å². The molecule has 0 saturated heterocycles. The van der Waals surface area contributed by atoms with Crippen molar-refractivity contribution in [2.45, 2.75) is 142 Å². The lowest BCUT2D eigenvalue weighted by atomic mass is 9.85. The van der Waals surface area contributed by atoms with Gasteiger partial charge < -0.3 is 28.7 Å². The van der Waals surface area contributed by atoms with Crippen LogP contribution in [0.25, 0.3) is 0 Å². The molecule has 0 atom stereocenters. The zero-order valence-corrected chi connectivity index (χ0v) is 32.3. The van der Waals surface area contributed by atoms with Crippen molar-refractivity contribution in [3.05, 3.63) is 89.2 Å². The van der Waals surface area contributed by atoms with E-state index in [4.69, 9.17) is 4.74 Å². The molecule has 0 aliphatic rings. The van der Waals surface area contributed by atoms with Crippen LogP contribution in [0, 0.1) is 6.92 Å². The number of nitrogens with zero attached hydrogens (tertiary/aromatic N) is 2. The number of aryl methyl sites for hydroxylation is 2. The third-order valence-electron chi connectivity index (χ3n) is 8.39. The van der Waals surface area contributed by atoms with Crippen molar-refractivity contribution in [1.82, 2.24) is 4.31 Å². The monoisotopic (exact) mass is 762 g/mol. The van der Waals surface area contributed by atoms with Crippen molar-refractivity contribution in [3.63, 3.8) is 0 Å². The topological polar surface area (TPSA) is 50.5 Å². The summed E-state index contributed by atoms with van der Waals surface area (Å²) < 4.78 is 38.1. The molecule has 5 nitrogen and oxygen atoms in total. The summed E-state index contributed by atoms with van der Waals surface area (Å²) in [5.41, 5.74) is 3.93. The number of hydrogen-bond donors (Lipinski definition) is 0. The summed E-state index contributed by atoms with van der Waals surface area (Å²) in [7, 11) is -3.74. The van der Waals surface area contributed by atoms with Crippen LogP contribution < -0.4 is 33.3 Å². The fraction of sp³-hybridized carbons (Fsp3) is 0.564. The minimum atomic E-state index is -3.74. The fourth-order valence-electron chi connectivity index (χ4n) is 5.72. The van der Waals surface area contributed by atoms with E-state index in [1.807, 2.05) is 49.5 Å². The van der Waals surface area contributed by atoms with Crippen LogP contribution in [0.1, 0.15) is 128 Å². The number of hydrogen-bond acceptors (Lipinski definition) is 3. The highest BCUT2D eigenvalue weighted by atomic mass is 127. The molecular weight excluding hydrogens is 703 g/mol. The zero-order valence-electron chi connectivity index (χ0n) is 29.4. The summed E-state index contributed by atoms with van der Waals surface area (Å²) in [6.45, 7) is 15.1. The molecule has 0 aliphatic carbocycles. The Hall–Kier alpha value is -1.97. The molecule has 1 aromatic heterocycles. The second kappa shape index (κ2) is 20.4. The van der Waals surface area contributed by atoms with Crippen LogP contribution in [0.5, 0.6) is 5.75 Å². The Morgan fingerprint density at radius 2 is 1.37 bits per heavy atom. The maximum Gasteiger partial charge on any atom is 0.243 e. The second-order valence-electron chi connectivity index (χ2n) is 13.6. The molecule has 0 amide bonds. The third kappa shape index (κ3) is 13.3. The highest BCUT2D eigenvalue weighted by Gasteiger charge is 2.27. The molecule has 0 N–H and O–H groups in total. The van der Waals surface area contributed by atoms with E-state index in [0.717, 1.165) is 47.4 Å². The minimum Gasteiger partial charge on any atom is -1.00 e. The maximum absolute atomic E-state index is 14.0. The first-order chi connectivity index (χ1) is 21.5. The SMILES string of the molecule is CCCCCCCCCCCCOc1ccc(CN(Cc2ccc[n+](CCC)c2)S(=O)(=O)c2ccc(C)cc2)cc1C(C)(C)C.[I-]. The van der Waals surface area contributed by atoms with Gasteiger partial charge in [-0.05, 0) is 54.2 Å². The van der Waals surface area contributed by atoms with Gasteiger partial charge in [0.2, 0.25) is 10.0 Å². The van der Waals surface area contributed by atoms with Crippen molar-refractivity contribution >= 4 is 10.0 Å². The van der Waals surface area contributed by atoms with Crippen LogP contribution in [0.15, 0.2) is 71.9 Å². The molecule has 256 valence electrons. The minimum absolute atomic E-state index is 0. The maximum atomic E-state index is 14.0. The molecule has 1 heterocycles. The molecule has 3 rings (SSSR count). The number of pyridine rings is 1. The first-order valence-electron chi connectivity index (χ1n) is 17.4. The molecule has 0 unspecified atom stereocenters. The molecule has 0 bridgehead atoms. The number of aromatic nitrogens is 1. The van der Waals surface area contributed by atoms with Gasteiger partial charge in [-0.25, -0.2) is 13.0 Å². The number of ether oxygens (including phenoxy) is 1. The number of unbranched alkanes of at least 4 members (excludes halogenated alkanes) is 9. The van der Waals surface area contributed by atoms with Crippen LogP contribution in [0.4, 0.5) is 0 Å². The van der Waals surface area contributed by atoms with Gasteiger partial charge in [-0.3, -0.25) is 0 Å². The number of rotatable bonds is 20. The lowest BCUT2D eigenvalue weighted by Gasteiger charge is -2.26. The van der Waals surface area contributed by atoms with Crippen molar-refractivity contribution < 1.29 is 41.7 Å². The summed E-state index contributed by atoms with van der Waals surface area (Å²) in [6.07, 6.45) is 18.1. The number of benzene rings is 2. The summed E-state index contributed by atoms with van der Waals surface area (Å²) in [5.74, 6) is 0.902. The van der Waals surface area contributed by atoms with Gasteiger partial charge in [-0.15, -0.1) is 0 Å². The molecule has 3 aromatic rings. The van der Waals surface area contributed by atoms with Crippen molar-refractivity contribution in [2.75, 3.05) is 6.61 Å². The second-order valence-corrected chi connectivity index (χ2v) is 15.6. The van der Waals surface area contributed by atoms with Gasteiger partial charge in [0.15, 0.2) is 12.4 Å². The first kappa shape index (κ1) is 40.2. The van der Waals surface area contributed by atoms with E-state index in [1.165, 1.54) is 57.8 Å². The summed E-state index contributed by atoms with van der Waals surface area (Å²) in [6, 6.07) is 17.4. The van der Waals surface area contributed by atoms with Crippen LogP contribution in [0.2, 0.25) is 0 Å². The Kier molecular flexibility index (Phi) is 17.8. The van der Waals surface area contributed by atoms with Crippen molar-refractivity contribution in [2.24, 2.45) is 0 Å². The van der Waals surface area contributed by atoms with E-state index in [9.17, 15) is 8.42 Å².